The second kappa shape index (κ2) is 6.22. The minimum Gasteiger partial charge on any atom is -0.222 e. The Hall–Kier alpha value is -0.0400. The first-order chi connectivity index (χ1) is 8.16. The van der Waals surface area contributed by atoms with Crippen molar-refractivity contribution in [3.63, 3.8) is 0 Å². The first kappa shape index (κ1) is 13.4. The fourth-order valence-electron chi connectivity index (χ4n) is 2.56. The lowest BCUT2D eigenvalue weighted by Gasteiger charge is -2.27. The van der Waals surface area contributed by atoms with Crippen LogP contribution in [-0.4, -0.2) is 22.4 Å². The molecule has 0 N–H and O–H groups in total. The van der Waals surface area contributed by atoms with E-state index >= 15 is 0 Å². The summed E-state index contributed by atoms with van der Waals surface area (Å²) in [6.45, 7) is 0. The van der Waals surface area contributed by atoms with Crippen molar-refractivity contribution in [2.45, 2.75) is 74.2 Å². The van der Waals surface area contributed by atoms with Crippen LogP contribution < -0.4 is 0 Å². The highest BCUT2D eigenvalue weighted by atomic mass is 35.5. The molecule has 0 aliphatic heterocycles. The lowest BCUT2D eigenvalue weighted by Crippen LogP contribution is -2.24. The van der Waals surface area contributed by atoms with Crippen molar-refractivity contribution in [1.82, 2.24) is 0 Å². The molecule has 4 heteroatoms. The summed E-state index contributed by atoms with van der Waals surface area (Å²) >= 11 is 12.1. The second-order valence-corrected chi connectivity index (χ2v) is 6.88. The molecular weight excluding hydrogens is 255 g/mol. The molecule has 2 nitrogen and oxygen atoms in total. The molecular formula is C13H20Cl2N2. The van der Waals surface area contributed by atoms with E-state index in [0.717, 1.165) is 25.7 Å². The number of aliphatic imine (C=N–C) groups is 2. The molecule has 96 valence electrons. The van der Waals surface area contributed by atoms with Crippen LogP contribution in [0.15, 0.2) is 9.98 Å². The van der Waals surface area contributed by atoms with Gasteiger partial charge in [0.2, 0.25) is 0 Å². The molecule has 0 aromatic heterocycles. The van der Waals surface area contributed by atoms with Gasteiger partial charge in [0.1, 0.15) is 4.33 Å². The maximum atomic E-state index is 6.07. The molecule has 0 bridgehead atoms. The molecule has 2 fully saturated rings. The molecule has 0 radical (unpaired) electrons. The molecule has 2 aliphatic carbocycles. The predicted molar refractivity (Wildman–Crippen MR) is 73.4 cm³/mol. The summed E-state index contributed by atoms with van der Waals surface area (Å²) in [5, 5.41) is 0. The van der Waals surface area contributed by atoms with E-state index in [1.54, 1.807) is 0 Å². The van der Waals surface area contributed by atoms with Gasteiger partial charge in [0.05, 0.1) is 18.1 Å². The Bertz CT molecular complexity index is 293. The monoisotopic (exact) mass is 274 g/mol. The zero-order valence-electron chi connectivity index (χ0n) is 10.2. The van der Waals surface area contributed by atoms with Crippen LogP contribution in [0.3, 0.4) is 0 Å². The standard InChI is InChI=1S/C13H20Cl2N2/c14-13(15)8-6-12(7-9-13)17-10-16-11-4-2-1-3-5-11/h11-12H,1-9H2. The summed E-state index contributed by atoms with van der Waals surface area (Å²) in [6, 6.07) is 3.71. The molecule has 0 spiro atoms. The number of alkyl halides is 2. The molecule has 0 saturated heterocycles. The lowest BCUT2D eigenvalue weighted by atomic mass is 9.95. The average molecular weight is 275 g/mol. The Morgan fingerprint density at radius 2 is 1.35 bits per heavy atom. The molecule has 2 aliphatic rings. The van der Waals surface area contributed by atoms with Gasteiger partial charge in [0, 0.05) is 0 Å². The van der Waals surface area contributed by atoms with Gasteiger partial charge < -0.3 is 0 Å². The third kappa shape index (κ3) is 4.62. The van der Waals surface area contributed by atoms with Crippen LogP contribution in [0, 0.1) is 0 Å². The van der Waals surface area contributed by atoms with Gasteiger partial charge in [-0.15, -0.1) is 23.2 Å². The smallest absolute Gasteiger partial charge is 0.118 e. The van der Waals surface area contributed by atoms with Gasteiger partial charge in [-0.2, -0.15) is 0 Å². The van der Waals surface area contributed by atoms with Crippen LogP contribution in [0.1, 0.15) is 57.8 Å². The van der Waals surface area contributed by atoms with Crippen molar-refractivity contribution >= 4 is 29.2 Å². The van der Waals surface area contributed by atoms with Crippen molar-refractivity contribution in [3.05, 3.63) is 0 Å². The summed E-state index contributed by atoms with van der Waals surface area (Å²) in [4.78, 5) is 8.84. The largest absolute Gasteiger partial charge is 0.222 e. The van der Waals surface area contributed by atoms with Gasteiger partial charge >= 0.3 is 0 Å². The van der Waals surface area contributed by atoms with Crippen LogP contribution >= 0.6 is 23.2 Å². The minimum absolute atomic E-state index is 0.327. The molecule has 0 heterocycles. The summed E-state index contributed by atoms with van der Waals surface area (Å²) in [6.07, 6.45) is 9.96. The van der Waals surface area contributed by atoms with Crippen molar-refractivity contribution in [2.75, 3.05) is 0 Å². The third-order valence-corrected chi connectivity index (χ3v) is 4.50. The highest BCUT2D eigenvalue weighted by Crippen LogP contribution is 2.38. The highest BCUT2D eigenvalue weighted by Gasteiger charge is 2.30. The van der Waals surface area contributed by atoms with Crippen LogP contribution in [0.25, 0.3) is 0 Å². The predicted octanol–water partition coefficient (Wildman–Crippen LogP) is 4.61. The van der Waals surface area contributed by atoms with E-state index in [-0.39, 0.29) is 0 Å². The van der Waals surface area contributed by atoms with Crippen molar-refractivity contribution < 1.29 is 0 Å². The second-order valence-electron chi connectivity index (χ2n) is 5.24. The van der Waals surface area contributed by atoms with E-state index < -0.39 is 4.33 Å². The number of hydrogen-bond donors (Lipinski definition) is 0. The number of rotatable bonds is 2. The molecule has 17 heavy (non-hydrogen) atoms. The number of nitrogens with zero attached hydrogens (tertiary/aromatic N) is 2. The van der Waals surface area contributed by atoms with E-state index in [1.165, 1.54) is 32.1 Å². The van der Waals surface area contributed by atoms with E-state index in [4.69, 9.17) is 23.2 Å². The van der Waals surface area contributed by atoms with Gasteiger partial charge in [-0.05, 0) is 38.5 Å². The molecule has 2 rings (SSSR count). The maximum absolute atomic E-state index is 6.07. The normalized spacial score (nSPS) is 26.2. The quantitative estimate of drug-likeness (QED) is 0.519. The number of halogens is 2. The third-order valence-electron chi connectivity index (χ3n) is 3.74. The summed E-state index contributed by atoms with van der Waals surface area (Å²) < 4.78 is -0.521. The van der Waals surface area contributed by atoms with E-state index in [0.29, 0.717) is 12.1 Å². The van der Waals surface area contributed by atoms with Gasteiger partial charge in [-0.3, -0.25) is 0 Å². The van der Waals surface area contributed by atoms with E-state index in [2.05, 4.69) is 16.0 Å². The van der Waals surface area contributed by atoms with Crippen LogP contribution in [-0.2, 0) is 0 Å². The van der Waals surface area contributed by atoms with Gasteiger partial charge in [-0.1, -0.05) is 19.3 Å². The SMILES string of the molecule is ClC1(Cl)CCC(N=C=NC2CCCCC2)CC1. The Morgan fingerprint density at radius 1 is 0.824 bits per heavy atom. The average Bonchev–Trinajstić information content (AvgIpc) is 2.33. The van der Waals surface area contributed by atoms with Crippen LogP contribution in [0.2, 0.25) is 0 Å². The Labute approximate surface area is 114 Å². The minimum atomic E-state index is -0.521. The zero-order valence-corrected chi connectivity index (χ0v) is 11.7. The fourth-order valence-corrected chi connectivity index (χ4v) is 3.00. The topological polar surface area (TPSA) is 24.7 Å². The first-order valence-electron chi connectivity index (χ1n) is 6.68. The van der Waals surface area contributed by atoms with Crippen molar-refractivity contribution in [2.24, 2.45) is 9.98 Å². The van der Waals surface area contributed by atoms with Crippen LogP contribution in [0.5, 0.6) is 0 Å². The molecule has 2 saturated carbocycles. The zero-order chi connectivity index (χ0) is 12.1. The Balaban J connectivity index is 1.78. The summed E-state index contributed by atoms with van der Waals surface area (Å²) in [5.41, 5.74) is 0. The van der Waals surface area contributed by atoms with Crippen LogP contribution in [0.4, 0.5) is 0 Å². The Morgan fingerprint density at radius 3 is 1.94 bits per heavy atom. The van der Waals surface area contributed by atoms with E-state index in [1.807, 2.05) is 0 Å². The fraction of sp³-hybridized carbons (Fsp3) is 0.923. The molecule has 0 unspecified atom stereocenters. The molecule has 0 amide bonds. The van der Waals surface area contributed by atoms with E-state index in [9.17, 15) is 0 Å². The lowest BCUT2D eigenvalue weighted by molar-refractivity contribution is 0.423. The van der Waals surface area contributed by atoms with Gasteiger partial charge in [0.15, 0.2) is 0 Å². The van der Waals surface area contributed by atoms with Crippen molar-refractivity contribution in [1.29, 1.82) is 0 Å². The first-order valence-corrected chi connectivity index (χ1v) is 7.44. The highest BCUT2D eigenvalue weighted by molar-refractivity contribution is 6.48. The molecule has 0 aromatic carbocycles. The van der Waals surface area contributed by atoms with Gasteiger partial charge in [0.25, 0.3) is 0 Å². The summed E-state index contributed by atoms with van der Waals surface area (Å²) in [5.74, 6) is 0. The molecule has 0 aromatic rings. The number of hydrogen-bond acceptors (Lipinski definition) is 2. The maximum Gasteiger partial charge on any atom is 0.118 e. The molecule has 0 atom stereocenters. The summed E-state index contributed by atoms with van der Waals surface area (Å²) in [7, 11) is 0. The van der Waals surface area contributed by atoms with Gasteiger partial charge in [-0.25, -0.2) is 9.98 Å². The van der Waals surface area contributed by atoms with Crippen molar-refractivity contribution in [3.8, 4) is 0 Å². The Kier molecular flexibility index (Phi) is 4.90.